The smallest absolute Gasteiger partial charge is 0.255 e. The predicted molar refractivity (Wildman–Crippen MR) is 150 cm³/mol. The van der Waals surface area contributed by atoms with Crippen LogP contribution >= 0.6 is 0 Å². The Morgan fingerprint density at radius 1 is 0.676 bits per heavy atom. The van der Waals surface area contributed by atoms with Crippen LogP contribution in [0.2, 0.25) is 0 Å². The number of ether oxygens (including phenoxy) is 1. The fraction of sp³-hybridized carbons (Fsp3) is 0.188. The normalized spacial score (nSPS) is 11.0. The van der Waals surface area contributed by atoms with Crippen molar-refractivity contribution in [2.24, 2.45) is 0 Å². The Bertz CT molecular complexity index is 1340. The number of benzene rings is 4. The highest BCUT2D eigenvalue weighted by atomic mass is 16.5. The second kappa shape index (κ2) is 11.6. The molecule has 5 heteroatoms. The third kappa shape index (κ3) is 7.31. The highest BCUT2D eigenvalue weighted by Crippen LogP contribution is 2.23. The molecule has 0 atom stereocenters. The van der Waals surface area contributed by atoms with Gasteiger partial charge in [0.1, 0.15) is 5.75 Å². The molecule has 2 amide bonds. The van der Waals surface area contributed by atoms with Crippen LogP contribution in [0.15, 0.2) is 103 Å². The van der Waals surface area contributed by atoms with E-state index in [0.717, 1.165) is 6.42 Å². The second-order valence-electron chi connectivity index (χ2n) is 9.92. The molecule has 0 saturated carbocycles. The van der Waals surface area contributed by atoms with Crippen LogP contribution in [0, 0.1) is 0 Å². The molecule has 0 bridgehead atoms. The molecule has 0 fully saturated rings. The number of anilines is 2. The van der Waals surface area contributed by atoms with Crippen LogP contribution in [0.3, 0.4) is 0 Å². The van der Waals surface area contributed by atoms with Gasteiger partial charge in [0.2, 0.25) is 0 Å². The van der Waals surface area contributed by atoms with E-state index in [-0.39, 0.29) is 17.2 Å². The van der Waals surface area contributed by atoms with Gasteiger partial charge < -0.3 is 15.4 Å². The van der Waals surface area contributed by atoms with Gasteiger partial charge in [0, 0.05) is 28.9 Å². The van der Waals surface area contributed by atoms with Gasteiger partial charge >= 0.3 is 0 Å². The fourth-order valence-electron chi connectivity index (χ4n) is 3.84. The van der Waals surface area contributed by atoms with Gasteiger partial charge in [-0.25, -0.2) is 0 Å². The lowest BCUT2D eigenvalue weighted by molar-refractivity contribution is 0.101. The van der Waals surface area contributed by atoms with E-state index in [1.54, 1.807) is 48.5 Å². The Morgan fingerprint density at radius 2 is 1.22 bits per heavy atom. The van der Waals surface area contributed by atoms with Crippen LogP contribution in [0.4, 0.5) is 11.4 Å². The van der Waals surface area contributed by atoms with Crippen LogP contribution in [0.25, 0.3) is 0 Å². The molecular formula is C32H32N2O3. The summed E-state index contributed by atoms with van der Waals surface area (Å²) in [6.45, 7) is 6.97. The number of carbonyl (C=O) groups is 2. The average Bonchev–Trinajstić information content (AvgIpc) is 2.89. The summed E-state index contributed by atoms with van der Waals surface area (Å²) >= 11 is 0. The molecule has 4 aromatic carbocycles. The first-order valence-corrected chi connectivity index (χ1v) is 12.4. The van der Waals surface area contributed by atoms with Crippen molar-refractivity contribution in [1.29, 1.82) is 0 Å². The summed E-state index contributed by atoms with van der Waals surface area (Å²) in [7, 11) is 0. The monoisotopic (exact) mass is 492 g/mol. The fourth-order valence-corrected chi connectivity index (χ4v) is 3.84. The third-order valence-electron chi connectivity index (χ3n) is 6.01. The molecule has 0 unspecified atom stereocenters. The minimum atomic E-state index is -0.239. The van der Waals surface area contributed by atoms with Crippen molar-refractivity contribution in [2.45, 2.75) is 32.6 Å². The summed E-state index contributed by atoms with van der Waals surface area (Å²) in [5.74, 6) is 0.275. The van der Waals surface area contributed by atoms with Gasteiger partial charge in [-0.1, -0.05) is 69.3 Å². The zero-order chi connectivity index (χ0) is 26.3. The summed E-state index contributed by atoms with van der Waals surface area (Å²) in [5, 5.41) is 5.79. The molecule has 0 aliphatic heterocycles. The number of nitrogens with one attached hydrogen (secondary N) is 2. The van der Waals surface area contributed by atoms with Crippen molar-refractivity contribution in [1.82, 2.24) is 0 Å². The van der Waals surface area contributed by atoms with Crippen LogP contribution in [0.5, 0.6) is 5.75 Å². The summed E-state index contributed by atoms with van der Waals surface area (Å²) in [6.07, 6.45) is 0.818. The van der Waals surface area contributed by atoms with E-state index >= 15 is 0 Å². The maximum Gasteiger partial charge on any atom is 0.255 e. The molecule has 0 radical (unpaired) electrons. The number of hydrogen-bond acceptors (Lipinski definition) is 3. The quantitative estimate of drug-likeness (QED) is 0.275. The van der Waals surface area contributed by atoms with Gasteiger partial charge in [-0.05, 0) is 71.1 Å². The zero-order valence-corrected chi connectivity index (χ0v) is 21.5. The third-order valence-corrected chi connectivity index (χ3v) is 6.01. The zero-order valence-electron chi connectivity index (χ0n) is 21.5. The Kier molecular flexibility index (Phi) is 8.04. The lowest BCUT2D eigenvalue weighted by atomic mass is 9.87. The summed E-state index contributed by atoms with van der Waals surface area (Å²) in [5.41, 5.74) is 4.70. The lowest BCUT2D eigenvalue weighted by Crippen LogP contribution is -2.15. The van der Waals surface area contributed by atoms with Crippen molar-refractivity contribution < 1.29 is 14.3 Å². The van der Waals surface area contributed by atoms with E-state index < -0.39 is 0 Å². The van der Waals surface area contributed by atoms with Crippen LogP contribution < -0.4 is 15.4 Å². The van der Waals surface area contributed by atoms with Gasteiger partial charge in [0.15, 0.2) is 0 Å². The number of rotatable bonds is 8. The van der Waals surface area contributed by atoms with E-state index in [2.05, 4.69) is 43.5 Å². The van der Waals surface area contributed by atoms with Crippen molar-refractivity contribution in [2.75, 3.05) is 17.2 Å². The van der Waals surface area contributed by atoms with Crippen LogP contribution in [-0.4, -0.2) is 18.4 Å². The van der Waals surface area contributed by atoms with Gasteiger partial charge in [0.05, 0.1) is 6.61 Å². The van der Waals surface area contributed by atoms with E-state index in [4.69, 9.17) is 4.74 Å². The van der Waals surface area contributed by atoms with Gasteiger partial charge in [0.25, 0.3) is 11.8 Å². The Hall–Kier alpha value is -4.38. The van der Waals surface area contributed by atoms with Crippen molar-refractivity contribution >= 4 is 23.2 Å². The predicted octanol–water partition coefficient (Wildman–Crippen LogP) is 7.11. The second-order valence-corrected chi connectivity index (χ2v) is 9.92. The Morgan fingerprint density at radius 3 is 1.76 bits per heavy atom. The molecular weight excluding hydrogens is 460 g/mol. The SMILES string of the molecule is CC(C)(C)c1ccc(C(=O)Nc2cccc(NC(=O)c3ccc(OCCc4ccccc4)cc3)c2)cc1. The highest BCUT2D eigenvalue weighted by molar-refractivity contribution is 6.06. The maximum atomic E-state index is 12.8. The Labute approximate surface area is 218 Å². The molecule has 4 rings (SSSR count). The molecule has 37 heavy (non-hydrogen) atoms. The van der Waals surface area contributed by atoms with E-state index in [1.807, 2.05) is 42.5 Å². The number of amides is 2. The van der Waals surface area contributed by atoms with E-state index in [0.29, 0.717) is 34.9 Å². The molecule has 0 aliphatic rings. The minimum Gasteiger partial charge on any atom is -0.493 e. The molecule has 0 saturated heterocycles. The molecule has 5 nitrogen and oxygen atoms in total. The standard InChI is InChI=1S/C32H32N2O3/c1-32(2,3)26-16-12-24(13-17-26)30(35)33-27-10-7-11-28(22-27)34-31(36)25-14-18-29(19-15-25)37-21-20-23-8-5-4-6-9-23/h4-19,22H,20-21H2,1-3H3,(H,33,35)(H,34,36). The minimum absolute atomic E-state index is 0.0251. The van der Waals surface area contributed by atoms with Gasteiger partial charge in [-0.3, -0.25) is 9.59 Å². The first kappa shape index (κ1) is 25.7. The molecule has 0 heterocycles. The molecule has 188 valence electrons. The average molecular weight is 493 g/mol. The molecule has 0 aliphatic carbocycles. The summed E-state index contributed by atoms with van der Waals surface area (Å²) in [4.78, 5) is 25.5. The first-order valence-electron chi connectivity index (χ1n) is 12.4. The van der Waals surface area contributed by atoms with Crippen LogP contribution in [0.1, 0.15) is 52.6 Å². The van der Waals surface area contributed by atoms with Gasteiger partial charge in [-0.15, -0.1) is 0 Å². The number of carbonyl (C=O) groups excluding carboxylic acids is 2. The highest BCUT2D eigenvalue weighted by Gasteiger charge is 2.14. The largest absolute Gasteiger partial charge is 0.493 e. The van der Waals surface area contributed by atoms with Gasteiger partial charge in [-0.2, -0.15) is 0 Å². The maximum absolute atomic E-state index is 12.8. The van der Waals surface area contributed by atoms with Crippen molar-refractivity contribution in [3.8, 4) is 5.75 Å². The summed E-state index contributed by atoms with van der Waals surface area (Å²) < 4.78 is 5.80. The van der Waals surface area contributed by atoms with Crippen LogP contribution in [-0.2, 0) is 11.8 Å². The topological polar surface area (TPSA) is 67.4 Å². The first-order chi connectivity index (χ1) is 17.8. The number of hydrogen-bond donors (Lipinski definition) is 2. The molecule has 4 aromatic rings. The summed E-state index contributed by atoms with van der Waals surface area (Å²) in [6, 6.07) is 31.9. The van der Waals surface area contributed by atoms with E-state index in [9.17, 15) is 9.59 Å². The molecule has 0 spiro atoms. The van der Waals surface area contributed by atoms with Crippen molar-refractivity contribution in [3.63, 3.8) is 0 Å². The Balaban J connectivity index is 1.31. The van der Waals surface area contributed by atoms with Crippen molar-refractivity contribution in [3.05, 3.63) is 125 Å². The molecule has 2 N–H and O–H groups in total. The lowest BCUT2D eigenvalue weighted by Gasteiger charge is -2.19. The van der Waals surface area contributed by atoms with E-state index in [1.165, 1.54) is 11.1 Å². The molecule has 0 aromatic heterocycles.